The first-order valence-corrected chi connectivity index (χ1v) is 7.53. The van der Waals surface area contributed by atoms with Gasteiger partial charge in [-0.05, 0) is 62.7 Å². The monoisotopic (exact) mass is 237 g/mol. The molecule has 2 nitrogen and oxygen atoms in total. The Hall–Kier alpha value is -0.0800. The van der Waals surface area contributed by atoms with Gasteiger partial charge in [-0.25, -0.2) is 0 Å². The Bertz CT molecular complexity index is 269. The molecule has 98 valence electrons. The van der Waals surface area contributed by atoms with Crippen molar-refractivity contribution in [3.05, 3.63) is 0 Å². The lowest BCUT2D eigenvalue weighted by atomic mass is 9.66. The number of nitrogens with one attached hydrogen (secondary N) is 1. The summed E-state index contributed by atoms with van der Waals surface area (Å²) in [5, 5.41) is 14.7. The summed E-state index contributed by atoms with van der Waals surface area (Å²) in [7, 11) is 0. The van der Waals surface area contributed by atoms with Gasteiger partial charge in [0.15, 0.2) is 0 Å². The molecule has 0 radical (unpaired) electrons. The number of hydrogen-bond acceptors (Lipinski definition) is 2. The van der Waals surface area contributed by atoms with Crippen molar-refractivity contribution in [2.24, 2.45) is 17.8 Å². The Morgan fingerprint density at radius 1 is 0.941 bits per heavy atom. The molecule has 2 saturated heterocycles. The third-order valence-electron chi connectivity index (χ3n) is 5.47. The van der Waals surface area contributed by atoms with Gasteiger partial charge in [-0.15, -0.1) is 0 Å². The fourth-order valence-corrected chi connectivity index (χ4v) is 4.88. The molecule has 2 bridgehead atoms. The predicted molar refractivity (Wildman–Crippen MR) is 69.8 cm³/mol. The SMILES string of the molecule is CC1CC(C)CC(C2(O)CC3CCC(C2)N3)C1. The van der Waals surface area contributed by atoms with Gasteiger partial charge in [0.2, 0.25) is 0 Å². The number of rotatable bonds is 1. The van der Waals surface area contributed by atoms with Crippen LogP contribution in [-0.2, 0) is 0 Å². The van der Waals surface area contributed by atoms with Crippen LogP contribution in [0.5, 0.6) is 0 Å². The van der Waals surface area contributed by atoms with Crippen LogP contribution in [0.2, 0.25) is 0 Å². The van der Waals surface area contributed by atoms with Crippen molar-refractivity contribution in [1.82, 2.24) is 5.32 Å². The van der Waals surface area contributed by atoms with E-state index in [9.17, 15) is 5.11 Å². The molecule has 0 aromatic rings. The number of fused-ring (bicyclic) bond motifs is 2. The maximum Gasteiger partial charge on any atom is 0.0705 e. The second-order valence-electron chi connectivity index (χ2n) is 7.26. The van der Waals surface area contributed by atoms with Gasteiger partial charge < -0.3 is 10.4 Å². The van der Waals surface area contributed by atoms with Crippen molar-refractivity contribution in [1.29, 1.82) is 0 Å². The van der Waals surface area contributed by atoms with Crippen LogP contribution in [0.1, 0.15) is 58.8 Å². The van der Waals surface area contributed by atoms with E-state index in [-0.39, 0.29) is 5.60 Å². The number of piperidine rings is 1. The minimum absolute atomic E-state index is 0.347. The maximum atomic E-state index is 11.1. The number of hydrogen-bond donors (Lipinski definition) is 2. The molecule has 3 aliphatic rings. The van der Waals surface area contributed by atoms with Gasteiger partial charge in [-0.1, -0.05) is 13.8 Å². The average Bonchev–Trinajstić information content (AvgIpc) is 2.57. The van der Waals surface area contributed by atoms with Crippen LogP contribution in [0, 0.1) is 17.8 Å². The molecule has 4 unspecified atom stereocenters. The fourth-order valence-electron chi connectivity index (χ4n) is 4.88. The molecule has 1 aliphatic carbocycles. The van der Waals surface area contributed by atoms with Crippen molar-refractivity contribution in [3.63, 3.8) is 0 Å². The Kier molecular flexibility index (Phi) is 2.99. The molecule has 1 saturated carbocycles. The van der Waals surface area contributed by atoms with E-state index in [1.165, 1.54) is 32.1 Å². The summed E-state index contributed by atoms with van der Waals surface area (Å²) >= 11 is 0. The minimum Gasteiger partial charge on any atom is -0.389 e. The van der Waals surface area contributed by atoms with E-state index in [0.717, 1.165) is 24.7 Å². The van der Waals surface area contributed by atoms with Crippen LogP contribution in [-0.4, -0.2) is 22.8 Å². The quantitative estimate of drug-likeness (QED) is 0.735. The minimum atomic E-state index is -0.347. The molecule has 4 atom stereocenters. The molecular weight excluding hydrogens is 210 g/mol. The molecule has 2 aliphatic heterocycles. The molecule has 2 heteroatoms. The van der Waals surface area contributed by atoms with Gasteiger partial charge >= 0.3 is 0 Å². The van der Waals surface area contributed by atoms with Gasteiger partial charge in [0.1, 0.15) is 0 Å². The van der Waals surface area contributed by atoms with Crippen LogP contribution in [0.4, 0.5) is 0 Å². The Morgan fingerprint density at radius 2 is 1.47 bits per heavy atom. The Labute approximate surface area is 105 Å². The van der Waals surface area contributed by atoms with E-state index in [1.54, 1.807) is 0 Å². The van der Waals surface area contributed by atoms with Crippen molar-refractivity contribution in [2.45, 2.75) is 76.5 Å². The maximum absolute atomic E-state index is 11.1. The van der Waals surface area contributed by atoms with Crippen LogP contribution in [0.3, 0.4) is 0 Å². The first kappa shape index (κ1) is 12.0. The van der Waals surface area contributed by atoms with Crippen molar-refractivity contribution in [2.75, 3.05) is 0 Å². The molecule has 17 heavy (non-hydrogen) atoms. The van der Waals surface area contributed by atoms with Crippen molar-refractivity contribution in [3.8, 4) is 0 Å². The van der Waals surface area contributed by atoms with E-state index in [4.69, 9.17) is 0 Å². The predicted octanol–water partition coefficient (Wildman–Crippen LogP) is 2.70. The zero-order valence-electron chi connectivity index (χ0n) is 11.3. The highest BCUT2D eigenvalue weighted by atomic mass is 16.3. The lowest BCUT2D eigenvalue weighted by Crippen LogP contribution is -2.53. The fraction of sp³-hybridized carbons (Fsp3) is 1.00. The zero-order chi connectivity index (χ0) is 12.0. The summed E-state index contributed by atoms with van der Waals surface area (Å²) in [6, 6.07) is 1.21. The Balaban J connectivity index is 1.73. The molecule has 0 aromatic carbocycles. The molecule has 0 aromatic heterocycles. The zero-order valence-corrected chi connectivity index (χ0v) is 11.3. The summed E-state index contributed by atoms with van der Waals surface area (Å²) in [6.45, 7) is 4.73. The van der Waals surface area contributed by atoms with Crippen LogP contribution in [0.25, 0.3) is 0 Å². The highest BCUT2D eigenvalue weighted by Crippen LogP contribution is 2.46. The largest absolute Gasteiger partial charge is 0.389 e. The summed E-state index contributed by atoms with van der Waals surface area (Å²) < 4.78 is 0. The van der Waals surface area contributed by atoms with E-state index >= 15 is 0 Å². The first-order chi connectivity index (χ1) is 8.05. The second kappa shape index (κ2) is 4.24. The molecule has 3 fully saturated rings. The highest BCUT2D eigenvalue weighted by molar-refractivity contribution is 5.03. The molecule has 2 N–H and O–H groups in total. The van der Waals surface area contributed by atoms with Crippen LogP contribution in [0.15, 0.2) is 0 Å². The standard InChI is InChI=1S/C15H27NO/c1-10-5-11(2)7-12(6-10)15(17)8-13-3-4-14(9-15)16-13/h10-14,16-17H,3-9H2,1-2H3. The van der Waals surface area contributed by atoms with E-state index < -0.39 is 0 Å². The summed E-state index contributed by atoms with van der Waals surface area (Å²) in [5.41, 5.74) is -0.347. The van der Waals surface area contributed by atoms with Gasteiger partial charge in [0.25, 0.3) is 0 Å². The van der Waals surface area contributed by atoms with E-state index in [1.807, 2.05) is 0 Å². The van der Waals surface area contributed by atoms with E-state index in [0.29, 0.717) is 18.0 Å². The topological polar surface area (TPSA) is 32.3 Å². The molecule has 3 rings (SSSR count). The summed E-state index contributed by atoms with van der Waals surface area (Å²) in [6.07, 6.45) is 8.44. The summed E-state index contributed by atoms with van der Waals surface area (Å²) in [5.74, 6) is 2.17. The van der Waals surface area contributed by atoms with Crippen molar-refractivity contribution >= 4 is 0 Å². The van der Waals surface area contributed by atoms with Gasteiger partial charge in [0.05, 0.1) is 5.60 Å². The van der Waals surface area contributed by atoms with Crippen LogP contribution < -0.4 is 5.32 Å². The molecule has 0 amide bonds. The van der Waals surface area contributed by atoms with E-state index in [2.05, 4.69) is 19.2 Å². The number of aliphatic hydroxyl groups is 1. The smallest absolute Gasteiger partial charge is 0.0705 e. The first-order valence-electron chi connectivity index (χ1n) is 7.53. The lowest BCUT2D eigenvalue weighted by molar-refractivity contribution is -0.0807. The Morgan fingerprint density at radius 3 is 2.00 bits per heavy atom. The van der Waals surface area contributed by atoms with Crippen molar-refractivity contribution < 1.29 is 5.11 Å². The van der Waals surface area contributed by atoms with Gasteiger partial charge in [-0.3, -0.25) is 0 Å². The molecular formula is C15H27NO. The normalized spacial score (nSPS) is 54.9. The highest BCUT2D eigenvalue weighted by Gasteiger charge is 2.48. The third kappa shape index (κ3) is 2.26. The van der Waals surface area contributed by atoms with Gasteiger partial charge in [0, 0.05) is 12.1 Å². The molecule has 0 spiro atoms. The molecule has 2 heterocycles. The second-order valence-corrected chi connectivity index (χ2v) is 7.26. The third-order valence-corrected chi connectivity index (χ3v) is 5.47. The summed E-state index contributed by atoms with van der Waals surface area (Å²) in [4.78, 5) is 0. The lowest BCUT2D eigenvalue weighted by Gasteiger charge is -2.46. The van der Waals surface area contributed by atoms with Crippen LogP contribution >= 0.6 is 0 Å². The average molecular weight is 237 g/mol. The van der Waals surface area contributed by atoms with Gasteiger partial charge in [-0.2, -0.15) is 0 Å².